The van der Waals surface area contributed by atoms with Crippen LogP contribution >= 0.6 is 11.6 Å². The fraction of sp³-hybridized carbons (Fsp3) is 0.357. The number of H-pyrrole nitrogens is 1. The predicted molar refractivity (Wildman–Crippen MR) is 147 cm³/mol. The van der Waals surface area contributed by atoms with Crippen LogP contribution in [0.25, 0.3) is 11.4 Å². The standard InChI is InChI=1S/C28H29ClF3N7O2/c1-15-11-20(37-36-15)35-25-24(32)21(26-33-8-10-38(26)3)23(31)19(34-25)13-28(27(40)41)7-9-39(16(2)12-28)14-17-5-4-6-18(29)22(17)30/h4-6,8,10-11,16H,7,9,12-14H2,1-3H3,(H,40,41)(H2,34,35,36,37)/t16-,28-/m1/s1. The van der Waals surface area contributed by atoms with Gasteiger partial charge in [-0.3, -0.25) is 14.8 Å². The molecule has 4 aromatic rings. The number of hydrogen-bond acceptors (Lipinski definition) is 6. The molecule has 0 unspecified atom stereocenters. The number of carbonyl (C=O) groups is 1. The van der Waals surface area contributed by atoms with E-state index < -0.39 is 34.4 Å². The van der Waals surface area contributed by atoms with Crippen molar-refractivity contribution in [2.24, 2.45) is 12.5 Å². The quantitative estimate of drug-likeness (QED) is 0.245. The lowest BCUT2D eigenvalue weighted by atomic mass is 9.72. The fourth-order valence-corrected chi connectivity index (χ4v) is 5.64. The second-order valence-corrected chi connectivity index (χ2v) is 11.0. The molecule has 0 spiro atoms. The maximum absolute atomic E-state index is 16.1. The molecule has 2 atom stereocenters. The Kier molecular flexibility index (Phi) is 7.80. The Hall–Kier alpha value is -3.90. The fourth-order valence-electron chi connectivity index (χ4n) is 5.45. The number of hydrogen-bond donors (Lipinski definition) is 3. The second-order valence-electron chi connectivity index (χ2n) is 10.6. The van der Waals surface area contributed by atoms with Gasteiger partial charge in [0.15, 0.2) is 23.3 Å². The van der Waals surface area contributed by atoms with E-state index in [9.17, 15) is 14.3 Å². The number of anilines is 2. The van der Waals surface area contributed by atoms with Gasteiger partial charge < -0.3 is 15.0 Å². The molecule has 9 nitrogen and oxygen atoms in total. The number of aromatic nitrogens is 5. The van der Waals surface area contributed by atoms with E-state index in [0.29, 0.717) is 17.8 Å². The van der Waals surface area contributed by atoms with Crippen LogP contribution in [0.2, 0.25) is 5.02 Å². The predicted octanol–water partition coefficient (Wildman–Crippen LogP) is 5.63. The molecule has 41 heavy (non-hydrogen) atoms. The number of halogens is 4. The van der Waals surface area contributed by atoms with Crippen molar-refractivity contribution in [1.29, 1.82) is 0 Å². The largest absolute Gasteiger partial charge is 0.481 e. The van der Waals surface area contributed by atoms with Crippen LogP contribution in [0.4, 0.5) is 24.8 Å². The van der Waals surface area contributed by atoms with Crippen LogP contribution in [-0.2, 0) is 24.8 Å². The maximum Gasteiger partial charge on any atom is 0.310 e. The summed E-state index contributed by atoms with van der Waals surface area (Å²) < 4.78 is 47.8. The first-order chi connectivity index (χ1) is 19.5. The van der Waals surface area contributed by atoms with Gasteiger partial charge in [-0.1, -0.05) is 23.7 Å². The van der Waals surface area contributed by atoms with E-state index in [-0.39, 0.29) is 60.0 Å². The molecular weight excluding hydrogens is 559 g/mol. The molecule has 3 N–H and O–H groups in total. The van der Waals surface area contributed by atoms with Gasteiger partial charge in [-0.2, -0.15) is 5.10 Å². The Balaban J connectivity index is 1.49. The van der Waals surface area contributed by atoms with Crippen LogP contribution in [0.5, 0.6) is 0 Å². The zero-order valence-electron chi connectivity index (χ0n) is 22.7. The summed E-state index contributed by atoms with van der Waals surface area (Å²) in [6.07, 6.45) is 2.97. The van der Waals surface area contributed by atoms with Gasteiger partial charge in [-0.25, -0.2) is 23.1 Å². The average molecular weight is 588 g/mol. The number of carboxylic acid groups (broad SMARTS) is 1. The molecular formula is C28H29ClF3N7O2. The number of imidazole rings is 1. The van der Waals surface area contributed by atoms with Crippen molar-refractivity contribution in [3.8, 4) is 11.4 Å². The monoisotopic (exact) mass is 587 g/mol. The van der Waals surface area contributed by atoms with Gasteiger partial charge in [0.1, 0.15) is 11.6 Å². The lowest BCUT2D eigenvalue weighted by Crippen LogP contribution is -2.50. The van der Waals surface area contributed by atoms with E-state index in [1.54, 1.807) is 38.4 Å². The zero-order chi connectivity index (χ0) is 29.5. The smallest absolute Gasteiger partial charge is 0.310 e. The second kappa shape index (κ2) is 11.2. The summed E-state index contributed by atoms with van der Waals surface area (Å²) in [5, 5.41) is 20.0. The number of aliphatic carboxylic acids is 1. The molecule has 0 bridgehead atoms. The third-order valence-electron chi connectivity index (χ3n) is 7.70. The molecule has 3 aromatic heterocycles. The van der Waals surface area contributed by atoms with E-state index in [4.69, 9.17) is 11.6 Å². The molecule has 5 rings (SSSR count). The van der Waals surface area contributed by atoms with Gasteiger partial charge in [0.25, 0.3) is 0 Å². The number of aromatic amines is 1. The Labute approximate surface area is 239 Å². The molecule has 13 heteroatoms. The molecule has 0 radical (unpaired) electrons. The number of likely N-dealkylation sites (tertiary alicyclic amines) is 1. The van der Waals surface area contributed by atoms with Gasteiger partial charge in [0, 0.05) is 55.8 Å². The van der Waals surface area contributed by atoms with Crippen molar-refractivity contribution in [1.82, 2.24) is 29.6 Å². The van der Waals surface area contributed by atoms with Crippen LogP contribution in [0.3, 0.4) is 0 Å². The Morgan fingerprint density at radius 1 is 1.27 bits per heavy atom. The molecule has 1 aliphatic rings. The van der Waals surface area contributed by atoms with Crippen LogP contribution < -0.4 is 5.32 Å². The highest BCUT2D eigenvalue weighted by Gasteiger charge is 2.46. The third-order valence-corrected chi connectivity index (χ3v) is 7.99. The lowest BCUT2D eigenvalue weighted by Gasteiger charge is -2.43. The van der Waals surface area contributed by atoms with Gasteiger partial charge in [-0.15, -0.1) is 0 Å². The van der Waals surface area contributed by atoms with Crippen molar-refractivity contribution < 1.29 is 23.1 Å². The summed E-state index contributed by atoms with van der Waals surface area (Å²) in [7, 11) is 1.60. The van der Waals surface area contributed by atoms with E-state index in [2.05, 4.69) is 25.5 Å². The summed E-state index contributed by atoms with van der Waals surface area (Å²) in [6.45, 7) is 4.17. The van der Waals surface area contributed by atoms with Crippen molar-refractivity contribution in [2.45, 2.75) is 45.7 Å². The summed E-state index contributed by atoms with van der Waals surface area (Å²) in [4.78, 5) is 23.1. The van der Waals surface area contributed by atoms with Crippen LogP contribution in [-0.4, -0.2) is 53.3 Å². The highest BCUT2D eigenvalue weighted by molar-refractivity contribution is 6.30. The first-order valence-electron chi connectivity index (χ1n) is 13.0. The van der Waals surface area contributed by atoms with Gasteiger partial charge in [0.05, 0.1) is 21.7 Å². The van der Waals surface area contributed by atoms with Crippen molar-refractivity contribution in [3.63, 3.8) is 0 Å². The number of rotatable bonds is 8. The number of nitrogens with one attached hydrogen (secondary N) is 2. The van der Waals surface area contributed by atoms with Gasteiger partial charge >= 0.3 is 5.97 Å². The normalized spacial score (nSPS) is 19.4. The number of aryl methyl sites for hydroxylation is 2. The van der Waals surface area contributed by atoms with E-state index >= 15 is 8.78 Å². The average Bonchev–Trinajstić information content (AvgIpc) is 3.53. The molecule has 4 heterocycles. The molecule has 1 aliphatic heterocycles. The molecule has 1 aromatic carbocycles. The Morgan fingerprint density at radius 2 is 2.05 bits per heavy atom. The molecule has 1 fully saturated rings. The summed E-state index contributed by atoms with van der Waals surface area (Å²) >= 11 is 5.94. The highest BCUT2D eigenvalue weighted by atomic mass is 35.5. The molecule has 0 aliphatic carbocycles. The Bertz CT molecular complexity index is 1610. The summed E-state index contributed by atoms with van der Waals surface area (Å²) in [5.41, 5.74) is -0.902. The van der Waals surface area contributed by atoms with Crippen LogP contribution in [0.15, 0.2) is 36.7 Å². The first-order valence-corrected chi connectivity index (χ1v) is 13.4. The van der Waals surface area contributed by atoms with Gasteiger partial charge in [-0.05, 0) is 39.3 Å². The topological polar surface area (TPSA) is 112 Å². The minimum atomic E-state index is -1.40. The lowest BCUT2D eigenvalue weighted by molar-refractivity contribution is -0.153. The number of pyridine rings is 1. The molecule has 216 valence electrons. The maximum atomic E-state index is 16.1. The number of nitrogens with zero attached hydrogens (tertiary/aromatic N) is 5. The van der Waals surface area contributed by atoms with E-state index in [0.717, 1.165) is 0 Å². The zero-order valence-corrected chi connectivity index (χ0v) is 23.4. The number of carboxylic acids is 1. The summed E-state index contributed by atoms with van der Waals surface area (Å²) in [6, 6.07) is 6.10. The van der Waals surface area contributed by atoms with E-state index in [1.807, 2.05) is 11.8 Å². The minimum absolute atomic E-state index is 0.0165. The van der Waals surface area contributed by atoms with Crippen molar-refractivity contribution in [2.75, 3.05) is 11.9 Å². The SMILES string of the molecule is Cc1cc(Nc2nc(C[C@@]3(C(=O)O)CCN(Cc4cccc(Cl)c4F)[C@H](C)C3)c(F)c(-c3nccn3C)c2F)n[nH]1. The van der Waals surface area contributed by atoms with Crippen molar-refractivity contribution >= 4 is 29.2 Å². The van der Waals surface area contributed by atoms with Gasteiger partial charge in [0.2, 0.25) is 0 Å². The molecule has 0 saturated carbocycles. The number of benzene rings is 1. The molecule has 1 saturated heterocycles. The highest BCUT2D eigenvalue weighted by Crippen LogP contribution is 2.41. The first kappa shape index (κ1) is 28.6. The number of piperidine rings is 1. The molecule has 0 amide bonds. The summed E-state index contributed by atoms with van der Waals surface area (Å²) in [5.74, 6) is -3.58. The Morgan fingerprint density at radius 3 is 2.68 bits per heavy atom. The third kappa shape index (κ3) is 5.53. The van der Waals surface area contributed by atoms with Crippen LogP contribution in [0, 0.1) is 29.8 Å². The van der Waals surface area contributed by atoms with Crippen LogP contribution in [0.1, 0.15) is 36.7 Å². The van der Waals surface area contributed by atoms with E-state index in [1.165, 1.54) is 16.8 Å². The van der Waals surface area contributed by atoms with Crippen molar-refractivity contribution in [3.05, 3.63) is 76.1 Å². The minimum Gasteiger partial charge on any atom is -0.481 e.